The number of hydrogen-bond acceptors (Lipinski definition) is 5. The van der Waals surface area contributed by atoms with Gasteiger partial charge in [0.2, 0.25) is 0 Å². The van der Waals surface area contributed by atoms with Gasteiger partial charge < -0.3 is 4.74 Å². The zero-order valence-electron chi connectivity index (χ0n) is 18.2. The number of allylic oxidation sites excluding steroid dienone is 2. The van der Waals surface area contributed by atoms with Gasteiger partial charge in [-0.3, -0.25) is 19.2 Å². The Hall–Kier alpha value is -3.45. The van der Waals surface area contributed by atoms with Crippen LogP contribution in [-0.4, -0.2) is 46.7 Å². The molecule has 3 amide bonds. The van der Waals surface area contributed by atoms with E-state index in [9.17, 15) is 19.2 Å². The van der Waals surface area contributed by atoms with Gasteiger partial charge in [0.25, 0.3) is 17.7 Å². The second-order valence-corrected chi connectivity index (χ2v) is 8.45. The molecule has 0 radical (unpaired) electrons. The largest absolute Gasteiger partial charge is 0.497 e. The number of benzene rings is 2. The maximum absolute atomic E-state index is 13.6. The zero-order valence-corrected chi connectivity index (χ0v) is 19.0. The van der Waals surface area contributed by atoms with Gasteiger partial charge in [-0.05, 0) is 56.2 Å². The standard InChI is InChI=1S/C25H23ClN2O5/c1-15(22(29)16-11-13-17(33-2)14-12-16)27(25(32)20-9-5-6-10-21(20)26)28-23(30)18-7-3-4-8-19(18)24(28)31/h3-6,9-15,18-19H,7-8H2,1-2H3/t15-,18-,19-/m0/s1. The molecule has 2 aliphatic rings. The van der Waals surface area contributed by atoms with Gasteiger partial charge in [0.05, 0.1) is 29.5 Å². The summed E-state index contributed by atoms with van der Waals surface area (Å²) in [6, 6.07) is 11.6. The van der Waals surface area contributed by atoms with E-state index < -0.39 is 41.4 Å². The lowest BCUT2D eigenvalue weighted by molar-refractivity contribution is -0.156. The van der Waals surface area contributed by atoms with Crippen molar-refractivity contribution in [3.8, 4) is 5.75 Å². The minimum atomic E-state index is -1.14. The molecule has 33 heavy (non-hydrogen) atoms. The summed E-state index contributed by atoms with van der Waals surface area (Å²) in [4.78, 5) is 53.5. The predicted molar refractivity (Wildman–Crippen MR) is 122 cm³/mol. The Morgan fingerprint density at radius 2 is 1.58 bits per heavy atom. The van der Waals surface area contributed by atoms with Gasteiger partial charge in [0.1, 0.15) is 11.8 Å². The van der Waals surface area contributed by atoms with Crippen LogP contribution in [0.3, 0.4) is 0 Å². The number of hydrazine groups is 1. The number of hydrogen-bond donors (Lipinski definition) is 0. The van der Waals surface area contributed by atoms with Crippen LogP contribution >= 0.6 is 11.6 Å². The minimum absolute atomic E-state index is 0.0992. The highest BCUT2D eigenvalue weighted by atomic mass is 35.5. The second kappa shape index (κ2) is 9.19. The zero-order chi connectivity index (χ0) is 23.7. The molecular weight excluding hydrogens is 444 g/mol. The molecule has 0 aromatic heterocycles. The molecule has 0 bridgehead atoms. The lowest BCUT2D eigenvalue weighted by atomic mass is 9.85. The molecule has 0 N–H and O–H groups in total. The number of ether oxygens (including phenoxy) is 1. The maximum Gasteiger partial charge on any atom is 0.275 e. The van der Waals surface area contributed by atoms with Crippen molar-refractivity contribution in [2.24, 2.45) is 11.8 Å². The summed E-state index contributed by atoms with van der Waals surface area (Å²) in [7, 11) is 1.52. The Bertz CT molecular complexity index is 1120. The summed E-state index contributed by atoms with van der Waals surface area (Å²) in [6.45, 7) is 1.50. The summed E-state index contributed by atoms with van der Waals surface area (Å²) in [6.07, 6.45) is 4.56. The highest BCUT2D eigenvalue weighted by molar-refractivity contribution is 6.34. The molecule has 2 aromatic carbocycles. The molecule has 1 aliphatic carbocycles. The number of rotatable bonds is 6. The number of Topliss-reactive ketones (excluding diaryl/α,β-unsaturated/α-hetero) is 1. The van der Waals surface area contributed by atoms with Gasteiger partial charge in [-0.25, -0.2) is 5.01 Å². The number of fused-ring (bicyclic) bond motifs is 1. The molecule has 4 rings (SSSR count). The van der Waals surface area contributed by atoms with Crippen LogP contribution in [0.1, 0.15) is 40.5 Å². The Morgan fingerprint density at radius 1 is 1.00 bits per heavy atom. The summed E-state index contributed by atoms with van der Waals surface area (Å²) in [5.41, 5.74) is 0.417. The van der Waals surface area contributed by atoms with E-state index in [1.807, 2.05) is 12.2 Å². The predicted octanol–water partition coefficient (Wildman–Crippen LogP) is 3.93. The average molecular weight is 467 g/mol. The fraction of sp³-hybridized carbons (Fsp3) is 0.280. The molecule has 1 aliphatic heterocycles. The fourth-order valence-corrected chi connectivity index (χ4v) is 4.52. The van der Waals surface area contributed by atoms with Crippen molar-refractivity contribution in [2.75, 3.05) is 7.11 Å². The highest BCUT2D eigenvalue weighted by Crippen LogP contribution is 2.37. The van der Waals surface area contributed by atoms with Crippen molar-refractivity contribution in [2.45, 2.75) is 25.8 Å². The first-order valence-corrected chi connectivity index (χ1v) is 11.0. The van der Waals surface area contributed by atoms with E-state index in [-0.39, 0.29) is 10.6 Å². The van der Waals surface area contributed by atoms with Crippen molar-refractivity contribution in [3.05, 3.63) is 76.8 Å². The van der Waals surface area contributed by atoms with E-state index in [0.717, 1.165) is 10.0 Å². The molecule has 3 atom stereocenters. The Morgan fingerprint density at radius 3 is 2.12 bits per heavy atom. The van der Waals surface area contributed by atoms with Gasteiger partial charge in [0.15, 0.2) is 5.78 Å². The van der Waals surface area contributed by atoms with Crippen LogP contribution in [0.25, 0.3) is 0 Å². The Kier molecular flexibility index (Phi) is 6.33. The molecule has 7 nitrogen and oxygen atoms in total. The molecular formula is C25H23ClN2O5. The summed E-state index contributed by atoms with van der Waals surface area (Å²) in [5.74, 6) is -2.60. The third-order valence-corrected chi connectivity index (χ3v) is 6.46. The van der Waals surface area contributed by atoms with Crippen molar-refractivity contribution in [1.29, 1.82) is 0 Å². The van der Waals surface area contributed by atoms with Crippen LogP contribution in [0.5, 0.6) is 5.75 Å². The average Bonchev–Trinajstić information content (AvgIpc) is 3.09. The van der Waals surface area contributed by atoms with Gasteiger partial charge >= 0.3 is 0 Å². The smallest absolute Gasteiger partial charge is 0.275 e. The molecule has 2 aromatic rings. The molecule has 0 saturated carbocycles. The fourth-order valence-electron chi connectivity index (χ4n) is 4.30. The Balaban J connectivity index is 1.75. The highest BCUT2D eigenvalue weighted by Gasteiger charge is 2.52. The van der Waals surface area contributed by atoms with Gasteiger partial charge in [-0.1, -0.05) is 35.9 Å². The van der Waals surface area contributed by atoms with Gasteiger partial charge in [-0.2, -0.15) is 5.01 Å². The van der Waals surface area contributed by atoms with E-state index in [0.29, 0.717) is 24.2 Å². The van der Waals surface area contributed by atoms with Crippen molar-refractivity contribution < 1.29 is 23.9 Å². The number of amides is 3. The molecule has 1 fully saturated rings. The quantitative estimate of drug-likeness (QED) is 0.366. The van der Waals surface area contributed by atoms with E-state index >= 15 is 0 Å². The van der Waals surface area contributed by atoms with Gasteiger partial charge in [0, 0.05) is 5.56 Å². The molecule has 0 spiro atoms. The summed E-state index contributed by atoms with van der Waals surface area (Å²) >= 11 is 6.25. The van der Waals surface area contributed by atoms with Crippen molar-refractivity contribution in [3.63, 3.8) is 0 Å². The molecule has 170 valence electrons. The first kappa shape index (κ1) is 22.7. The monoisotopic (exact) mass is 466 g/mol. The number of halogens is 1. The third-order valence-electron chi connectivity index (χ3n) is 6.13. The number of methoxy groups -OCH3 is 1. The van der Waals surface area contributed by atoms with Crippen molar-refractivity contribution >= 4 is 35.1 Å². The number of carbonyl (C=O) groups excluding carboxylic acids is 4. The van der Waals surface area contributed by atoms with Crippen LogP contribution in [-0.2, 0) is 9.59 Å². The van der Waals surface area contributed by atoms with Crippen molar-refractivity contribution in [1.82, 2.24) is 10.0 Å². The van der Waals surface area contributed by atoms with Crippen LogP contribution in [0, 0.1) is 11.8 Å². The number of ketones is 1. The van der Waals surface area contributed by atoms with Crippen LogP contribution in [0.4, 0.5) is 0 Å². The minimum Gasteiger partial charge on any atom is -0.497 e. The Labute approximate surface area is 196 Å². The van der Waals surface area contributed by atoms with E-state index in [4.69, 9.17) is 16.3 Å². The van der Waals surface area contributed by atoms with Gasteiger partial charge in [-0.15, -0.1) is 0 Å². The van der Waals surface area contributed by atoms with Crippen LogP contribution in [0.2, 0.25) is 5.02 Å². The van der Waals surface area contributed by atoms with E-state index in [2.05, 4.69) is 0 Å². The lowest BCUT2D eigenvalue weighted by Gasteiger charge is -2.35. The first-order valence-electron chi connectivity index (χ1n) is 10.6. The number of nitrogens with zero attached hydrogens (tertiary/aromatic N) is 2. The van der Waals surface area contributed by atoms with E-state index in [1.165, 1.54) is 20.1 Å². The number of carbonyl (C=O) groups is 4. The topological polar surface area (TPSA) is 84.0 Å². The number of imide groups is 1. The third kappa shape index (κ3) is 4.04. The molecule has 1 heterocycles. The second-order valence-electron chi connectivity index (χ2n) is 8.04. The molecule has 8 heteroatoms. The molecule has 1 saturated heterocycles. The normalized spacial score (nSPS) is 20.4. The maximum atomic E-state index is 13.6. The molecule has 0 unspecified atom stereocenters. The van der Waals surface area contributed by atoms with Crippen LogP contribution in [0.15, 0.2) is 60.7 Å². The summed E-state index contributed by atoms with van der Waals surface area (Å²) in [5, 5.41) is 1.99. The lowest BCUT2D eigenvalue weighted by Crippen LogP contribution is -2.56. The first-order chi connectivity index (χ1) is 15.8. The van der Waals surface area contributed by atoms with E-state index in [1.54, 1.807) is 42.5 Å². The SMILES string of the molecule is COc1ccc(C(=O)[C@H](C)N(C(=O)c2ccccc2Cl)N2C(=O)[C@H]3CC=CC[C@@H]3C2=O)cc1. The van der Waals surface area contributed by atoms with Crippen LogP contribution < -0.4 is 4.74 Å². The summed E-state index contributed by atoms with van der Waals surface area (Å²) < 4.78 is 5.14.